The van der Waals surface area contributed by atoms with Gasteiger partial charge in [0.25, 0.3) is 0 Å². The van der Waals surface area contributed by atoms with Crippen LogP contribution in [0, 0.1) is 5.92 Å². The lowest BCUT2D eigenvalue weighted by molar-refractivity contribution is -1.03. The number of imide groups is 1. The van der Waals surface area contributed by atoms with Crippen molar-refractivity contribution in [2.75, 3.05) is 33.9 Å². The third-order valence-electron chi connectivity index (χ3n) is 4.86. The molecule has 118 valence electrons. The number of amides is 3. The van der Waals surface area contributed by atoms with E-state index in [1.54, 1.807) is 19.0 Å². The summed E-state index contributed by atoms with van der Waals surface area (Å²) < 4.78 is 0. The van der Waals surface area contributed by atoms with Crippen molar-refractivity contribution in [3.05, 3.63) is 35.9 Å². The molecule has 0 spiro atoms. The Morgan fingerprint density at radius 1 is 1.23 bits per heavy atom. The normalized spacial score (nSPS) is 28.7. The highest BCUT2D eigenvalue weighted by Gasteiger charge is 2.50. The fourth-order valence-electron chi connectivity index (χ4n) is 3.51. The highest BCUT2D eigenvalue weighted by atomic mass is 16.2. The molecule has 0 radical (unpaired) electrons. The third-order valence-corrected chi connectivity index (χ3v) is 4.86. The van der Waals surface area contributed by atoms with Gasteiger partial charge in [0.05, 0.1) is 6.54 Å². The number of nitrogens with one attached hydrogen (secondary N) is 1. The maximum absolute atomic E-state index is 12.4. The number of hydrogen-bond donors (Lipinski definition) is 2. The molecule has 2 saturated heterocycles. The van der Waals surface area contributed by atoms with Crippen molar-refractivity contribution in [3.63, 3.8) is 0 Å². The average molecular weight is 304 g/mol. The molecular formula is C16H24N4O2+2. The van der Waals surface area contributed by atoms with Crippen LogP contribution in [0.3, 0.4) is 0 Å². The van der Waals surface area contributed by atoms with E-state index in [1.165, 1.54) is 15.4 Å². The number of nitrogens with two attached hydrogens (primary N) is 1. The van der Waals surface area contributed by atoms with E-state index < -0.39 is 0 Å². The minimum atomic E-state index is -0.199. The molecule has 1 aromatic rings. The van der Waals surface area contributed by atoms with E-state index >= 15 is 0 Å². The third kappa shape index (κ3) is 2.71. The van der Waals surface area contributed by atoms with E-state index in [-0.39, 0.29) is 24.0 Å². The molecule has 6 heteroatoms. The molecule has 2 aliphatic rings. The van der Waals surface area contributed by atoms with Crippen LogP contribution in [0.15, 0.2) is 30.3 Å². The highest BCUT2D eigenvalue weighted by molar-refractivity contribution is 5.98. The first-order chi connectivity index (χ1) is 10.6. The summed E-state index contributed by atoms with van der Waals surface area (Å²) in [5.41, 5.74) is 1.33. The van der Waals surface area contributed by atoms with Gasteiger partial charge in [0.15, 0.2) is 12.1 Å². The lowest BCUT2D eigenvalue weighted by Gasteiger charge is -2.43. The zero-order valence-electron chi connectivity index (χ0n) is 13.2. The first kappa shape index (κ1) is 15.0. The van der Waals surface area contributed by atoms with Crippen LogP contribution >= 0.6 is 0 Å². The van der Waals surface area contributed by atoms with Crippen LogP contribution in [-0.4, -0.2) is 61.8 Å². The maximum atomic E-state index is 12.4. The number of urea groups is 1. The van der Waals surface area contributed by atoms with Gasteiger partial charge in [0.2, 0.25) is 12.6 Å². The Bertz CT molecular complexity index is 563. The Morgan fingerprint density at radius 2 is 1.95 bits per heavy atom. The van der Waals surface area contributed by atoms with E-state index in [4.69, 9.17) is 0 Å². The second kappa shape index (κ2) is 6.06. The summed E-state index contributed by atoms with van der Waals surface area (Å²) in [6.07, 6.45) is 0.969. The van der Waals surface area contributed by atoms with E-state index in [0.717, 1.165) is 26.2 Å². The SMILES string of the molecule is CN1C(=O)[C@@H]2C[NH+](CCc3ccccc3)C[NH2+][C@H]2N(C)C1=O. The molecule has 6 nitrogen and oxygen atoms in total. The van der Waals surface area contributed by atoms with E-state index in [0.29, 0.717) is 0 Å². The first-order valence-electron chi connectivity index (χ1n) is 7.83. The van der Waals surface area contributed by atoms with Crippen LogP contribution in [-0.2, 0) is 11.2 Å². The Hall–Kier alpha value is -1.92. The second-order valence-corrected chi connectivity index (χ2v) is 6.27. The fourth-order valence-corrected chi connectivity index (χ4v) is 3.51. The van der Waals surface area contributed by atoms with Crippen molar-refractivity contribution in [1.82, 2.24) is 9.80 Å². The molecule has 0 bridgehead atoms. The van der Waals surface area contributed by atoms with Gasteiger partial charge >= 0.3 is 6.03 Å². The molecule has 2 fully saturated rings. The van der Waals surface area contributed by atoms with Gasteiger partial charge in [-0.1, -0.05) is 30.3 Å². The molecule has 0 aliphatic carbocycles. The number of benzene rings is 1. The summed E-state index contributed by atoms with van der Waals surface area (Å²) in [4.78, 5) is 28.7. The van der Waals surface area contributed by atoms with Gasteiger partial charge in [-0.05, 0) is 5.56 Å². The molecular weight excluding hydrogens is 280 g/mol. The summed E-state index contributed by atoms with van der Waals surface area (Å²) in [5, 5.41) is 2.14. The first-order valence-corrected chi connectivity index (χ1v) is 7.83. The van der Waals surface area contributed by atoms with E-state index in [1.807, 2.05) is 6.07 Å². The molecule has 2 heterocycles. The Morgan fingerprint density at radius 3 is 2.68 bits per heavy atom. The Labute approximate surface area is 130 Å². The zero-order chi connectivity index (χ0) is 15.7. The van der Waals surface area contributed by atoms with Crippen molar-refractivity contribution in [2.45, 2.75) is 12.6 Å². The van der Waals surface area contributed by atoms with Gasteiger partial charge in [-0.3, -0.25) is 24.8 Å². The molecule has 3 amide bonds. The molecule has 22 heavy (non-hydrogen) atoms. The lowest BCUT2D eigenvalue weighted by atomic mass is 9.98. The summed E-state index contributed by atoms with van der Waals surface area (Å²) in [5.74, 6) is -0.145. The quantitative estimate of drug-likeness (QED) is 0.686. The molecule has 3 N–H and O–H groups in total. The van der Waals surface area contributed by atoms with Crippen LogP contribution in [0.2, 0.25) is 0 Å². The topological polar surface area (TPSA) is 61.7 Å². The van der Waals surface area contributed by atoms with Crippen molar-refractivity contribution in [3.8, 4) is 0 Å². The molecule has 0 aromatic heterocycles. The monoisotopic (exact) mass is 304 g/mol. The number of hydrogen-bond acceptors (Lipinski definition) is 2. The number of nitrogens with zero attached hydrogens (tertiary/aromatic N) is 2. The summed E-state index contributed by atoms with van der Waals surface area (Å²) in [6.45, 7) is 2.72. The van der Waals surface area contributed by atoms with Gasteiger partial charge in [-0.2, -0.15) is 0 Å². The van der Waals surface area contributed by atoms with Crippen molar-refractivity contribution >= 4 is 11.9 Å². The van der Waals surface area contributed by atoms with Crippen LogP contribution < -0.4 is 10.2 Å². The van der Waals surface area contributed by atoms with Gasteiger partial charge in [-0.25, -0.2) is 4.79 Å². The van der Waals surface area contributed by atoms with Gasteiger partial charge < -0.3 is 0 Å². The van der Waals surface area contributed by atoms with Crippen LogP contribution in [0.4, 0.5) is 4.79 Å². The average Bonchev–Trinajstić information content (AvgIpc) is 2.57. The highest BCUT2D eigenvalue weighted by Crippen LogP contribution is 2.16. The summed E-state index contributed by atoms with van der Waals surface area (Å²) >= 11 is 0. The molecule has 1 aromatic carbocycles. The number of carbonyl (C=O) groups excluding carboxylic acids is 2. The maximum Gasteiger partial charge on any atom is 0.330 e. The molecule has 3 rings (SSSR count). The number of fused-ring (bicyclic) bond motifs is 1. The van der Waals surface area contributed by atoms with Crippen LogP contribution in [0.1, 0.15) is 5.56 Å². The van der Waals surface area contributed by atoms with Gasteiger partial charge in [-0.15, -0.1) is 0 Å². The summed E-state index contributed by atoms with van der Waals surface area (Å²) in [6, 6.07) is 10.2. The molecule has 2 aliphatic heterocycles. The minimum absolute atomic E-state index is 0.0405. The zero-order valence-corrected chi connectivity index (χ0v) is 13.2. The predicted octanol–water partition coefficient (Wildman–Crippen LogP) is -1.89. The van der Waals surface area contributed by atoms with Crippen LogP contribution in [0.5, 0.6) is 0 Å². The standard InChI is InChI=1S/C16H22N4O2/c1-18-14-13(15(21)19(2)16(18)22)10-20(11-17-14)9-8-12-6-4-3-5-7-12/h3-7,13-14,17H,8-11H2,1-2H3/p+2/t13-,14+/m1/s1. The smallest absolute Gasteiger partial charge is 0.287 e. The fraction of sp³-hybridized carbons (Fsp3) is 0.500. The Balaban J connectivity index is 1.63. The lowest BCUT2D eigenvalue weighted by Crippen LogP contribution is -3.28. The van der Waals surface area contributed by atoms with E-state index in [2.05, 4.69) is 29.6 Å². The Kier molecular flexibility index (Phi) is 4.13. The molecule has 0 saturated carbocycles. The minimum Gasteiger partial charge on any atom is -0.287 e. The van der Waals surface area contributed by atoms with E-state index in [9.17, 15) is 9.59 Å². The summed E-state index contributed by atoms with van der Waals surface area (Å²) in [7, 11) is 3.37. The largest absolute Gasteiger partial charge is 0.330 e. The van der Waals surface area contributed by atoms with Gasteiger partial charge in [0.1, 0.15) is 6.54 Å². The predicted molar refractivity (Wildman–Crippen MR) is 80.8 cm³/mol. The van der Waals surface area contributed by atoms with Crippen molar-refractivity contribution in [2.24, 2.45) is 5.92 Å². The second-order valence-electron chi connectivity index (χ2n) is 6.27. The van der Waals surface area contributed by atoms with Crippen molar-refractivity contribution < 1.29 is 19.8 Å². The number of carbonyl (C=O) groups is 2. The van der Waals surface area contributed by atoms with Gasteiger partial charge in [0, 0.05) is 20.5 Å². The van der Waals surface area contributed by atoms with Crippen molar-refractivity contribution in [1.29, 1.82) is 0 Å². The number of quaternary nitrogens is 2. The molecule has 1 unspecified atom stereocenters. The van der Waals surface area contributed by atoms with Crippen LogP contribution in [0.25, 0.3) is 0 Å². The number of rotatable bonds is 3. The molecule has 3 atom stereocenters.